The molecule has 26 heavy (non-hydrogen) atoms. The fourth-order valence-corrected chi connectivity index (χ4v) is 2.66. The van der Waals surface area contributed by atoms with E-state index in [2.05, 4.69) is 0 Å². The molecule has 1 heterocycles. The van der Waals surface area contributed by atoms with E-state index >= 15 is 0 Å². The van der Waals surface area contributed by atoms with Crippen LogP contribution in [0.15, 0.2) is 51.7 Å². The van der Waals surface area contributed by atoms with Gasteiger partial charge in [-0.3, -0.25) is 14.9 Å². The molecule has 0 atom stereocenters. The lowest BCUT2D eigenvalue weighted by Gasteiger charge is -2.09. The number of ether oxygens (including phenoxy) is 1. The zero-order valence-corrected chi connectivity index (χ0v) is 14.1. The van der Waals surface area contributed by atoms with E-state index < -0.39 is 10.5 Å². The Morgan fingerprint density at radius 1 is 1.19 bits per heavy atom. The molecule has 0 saturated carbocycles. The van der Waals surface area contributed by atoms with Gasteiger partial charge in [0, 0.05) is 29.1 Å². The van der Waals surface area contributed by atoms with Crippen LogP contribution in [0.3, 0.4) is 0 Å². The highest BCUT2D eigenvalue weighted by atomic mass is 16.6. The number of nitrogens with zero attached hydrogens (tertiary/aromatic N) is 1. The maximum absolute atomic E-state index is 11.6. The number of ketones is 1. The van der Waals surface area contributed by atoms with Crippen LogP contribution < -0.4 is 10.4 Å². The lowest BCUT2D eigenvalue weighted by atomic mass is 10.1. The number of aryl methyl sites for hydroxylation is 1. The maximum Gasteiger partial charge on any atom is 0.336 e. The SMILES string of the molecule is CCc1cc(=O)oc2cc(Oc3ccc(C(C)=O)cc3[N+](=O)[O-])ccc12. The van der Waals surface area contributed by atoms with Crippen LogP contribution in [0, 0.1) is 10.1 Å². The first-order valence-corrected chi connectivity index (χ1v) is 7.93. The molecule has 0 N–H and O–H groups in total. The topological polar surface area (TPSA) is 99.7 Å². The molecule has 0 aliphatic heterocycles. The molecule has 0 saturated heterocycles. The number of rotatable bonds is 5. The molecule has 3 aromatic rings. The largest absolute Gasteiger partial charge is 0.450 e. The number of fused-ring (bicyclic) bond motifs is 1. The summed E-state index contributed by atoms with van der Waals surface area (Å²) in [4.78, 5) is 33.7. The Labute approximate surface area is 148 Å². The van der Waals surface area contributed by atoms with E-state index in [-0.39, 0.29) is 28.5 Å². The van der Waals surface area contributed by atoms with Crippen LogP contribution in [0.2, 0.25) is 0 Å². The van der Waals surface area contributed by atoms with Crippen molar-refractivity contribution in [3.05, 3.63) is 74.1 Å². The summed E-state index contributed by atoms with van der Waals surface area (Å²) >= 11 is 0. The third kappa shape index (κ3) is 3.32. The van der Waals surface area contributed by atoms with Crippen LogP contribution >= 0.6 is 0 Å². The zero-order chi connectivity index (χ0) is 18.8. The van der Waals surface area contributed by atoms with E-state index in [0.717, 1.165) is 10.9 Å². The van der Waals surface area contributed by atoms with E-state index in [1.54, 1.807) is 12.1 Å². The monoisotopic (exact) mass is 353 g/mol. The Morgan fingerprint density at radius 2 is 1.96 bits per heavy atom. The van der Waals surface area contributed by atoms with Crippen LogP contribution in [0.4, 0.5) is 5.69 Å². The van der Waals surface area contributed by atoms with Gasteiger partial charge in [-0.25, -0.2) is 4.79 Å². The van der Waals surface area contributed by atoms with Crippen molar-refractivity contribution in [2.45, 2.75) is 20.3 Å². The average Bonchev–Trinajstić information content (AvgIpc) is 2.60. The summed E-state index contributed by atoms with van der Waals surface area (Å²) < 4.78 is 10.8. The highest BCUT2D eigenvalue weighted by Crippen LogP contribution is 2.33. The quantitative estimate of drug-likeness (QED) is 0.294. The molecular formula is C19H15NO6. The first-order chi connectivity index (χ1) is 12.4. The van der Waals surface area contributed by atoms with Gasteiger partial charge in [-0.1, -0.05) is 6.92 Å². The number of nitro groups is 1. The van der Waals surface area contributed by atoms with E-state index in [1.807, 2.05) is 6.92 Å². The van der Waals surface area contributed by atoms with Crippen molar-refractivity contribution in [1.82, 2.24) is 0 Å². The minimum Gasteiger partial charge on any atom is -0.450 e. The molecule has 0 radical (unpaired) electrons. The second kappa shape index (κ2) is 6.79. The Morgan fingerprint density at radius 3 is 2.62 bits per heavy atom. The molecule has 3 rings (SSSR count). The minimum atomic E-state index is -0.613. The molecule has 0 amide bonds. The van der Waals surface area contributed by atoms with Gasteiger partial charge in [-0.2, -0.15) is 0 Å². The van der Waals surface area contributed by atoms with Gasteiger partial charge in [-0.15, -0.1) is 0 Å². The van der Waals surface area contributed by atoms with Crippen LogP contribution in [-0.2, 0) is 6.42 Å². The predicted octanol–water partition coefficient (Wildman–Crippen LogP) is 4.26. The van der Waals surface area contributed by atoms with Gasteiger partial charge in [0.15, 0.2) is 5.78 Å². The average molecular weight is 353 g/mol. The Bertz CT molecular complexity index is 1080. The van der Waals surface area contributed by atoms with Crippen LogP contribution in [0.5, 0.6) is 11.5 Å². The van der Waals surface area contributed by atoms with Crippen molar-refractivity contribution in [3.8, 4) is 11.5 Å². The molecule has 132 valence electrons. The van der Waals surface area contributed by atoms with Crippen LogP contribution in [-0.4, -0.2) is 10.7 Å². The van der Waals surface area contributed by atoms with Gasteiger partial charge in [0.2, 0.25) is 5.75 Å². The number of carbonyl (C=O) groups is 1. The van der Waals surface area contributed by atoms with Gasteiger partial charge in [0.05, 0.1) is 4.92 Å². The second-order valence-corrected chi connectivity index (χ2v) is 5.70. The van der Waals surface area contributed by atoms with E-state index in [0.29, 0.717) is 12.0 Å². The third-order valence-electron chi connectivity index (χ3n) is 3.97. The van der Waals surface area contributed by atoms with Crippen molar-refractivity contribution in [3.63, 3.8) is 0 Å². The number of nitro benzene ring substituents is 1. The predicted molar refractivity (Wildman–Crippen MR) is 95.0 cm³/mol. The fourth-order valence-electron chi connectivity index (χ4n) is 2.66. The summed E-state index contributed by atoms with van der Waals surface area (Å²) in [5, 5.41) is 12.1. The molecule has 0 aliphatic rings. The summed E-state index contributed by atoms with van der Waals surface area (Å²) in [5.74, 6) is 0.000136. The summed E-state index contributed by atoms with van der Waals surface area (Å²) in [5.41, 5.74) is 0.625. The van der Waals surface area contributed by atoms with E-state index in [4.69, 9.17) is 9.15 Å². The Balaban J connectivity index is 2.05. The van der Waals surface area contributed by atoms with Gasteiger partial charge < -0.3 is 9.15 Å². The third-order valence-corrected chi connectivity index (χ3v) is 3.97. The summed E-state index contributed by atoms with van der Waals surface area (Å²) in [6, 6.07) is 10.3. The number of hydrogen-bond acceptors (Lipinski definition) is 6. The minimum absolute atomic E-state index is 0.00616. The van der Waals surface area contributed by atoms with E-state index in [9.17, 15) is 19.7 Å². The van der Waals surface area contributed by atoms with Crippen LogP contribution in [0.1, 0.15) is 29.8 Å². The van der Waals surface area contributed by atoms with Crippen molar-refractivity contribution >= 4 is 22.4 Å². The molecule has 0 spiro atoms. The summed E-state index contributed by atoms with van der Waals surface area (Å²) in [6.45, 7) is 3.26. The molecule has 2 aromatic carbocycles. The molecule has 0 bridgehead atoms. The van der Waals surface area contributed by atoms with Crippen molar-refractivity contribution in [2.75, 3.05) is 0 Å². The van der Waals surface area contributed by atoms with Crippen molar-refractivity contribution in [2.24, 2.45) is 0 Å². The van der Waals surface area contributed by atoms with Crippen molar-refractivity contribution in [1.29, 1.82) is 0 Å². The zero-order valence-electron chi connectivity index (χ0n) is 14.1. The normalized spacial score (nSPS) is 10.7. The molecule has 7 heteroatoms. The highest BCUT2D eigenvalue weighted by Gasteiger charge is 2.18. The van der Waals surface area contributed by atoms with Crippen molar-refractivity contribution < 1.29 is 18.9 Å². The molecule has 0 aliphatic carbocycles. The summed E-state index contributed by atoms with van der Waals surface area (Å²) in [6.07, 6.45) is 0.667. The van der Waals surface area contributed by atoms with Crippen LogP contribution in [0.25, 0.3) is 11.0 Å². The van der Waals surface area contributed by atoms with Gasteiger partial charge in [0.1, 0.15) is 11.3 Å². The Hall–Kier alpha value is -3.48. The number of Topliss-reactive ketones (excluding diaryl/α,β-unsaturated/α-hetero) is 1. The molecule has 0 unspecified atom stereocenters. The first kappa shape index (κ1) is 17.3. The lowest BCUT2D eigenvalue weighted by molar-refractivity contribution is -0.385. The second-order valence-electron chi connectivity index (χ2n) is 5.70. The number of hydrogen-bond donors (Lipinski definition) is 0. The molecule has 7 nitrogen and oxygen atoms in total. The first-order valence-electron chi connectivity index (χ1n) is 7.93. The maximum atomic E-state index is 11.6. The Kier molecular flexibility index (Phi) is 4.53. The summed E-state index contributed by atoms with van der Waals surface area (Å²) in [7, 11) is 0. The van der Waals surface area contributed by atoms with Gasteiger partial charge in [0.25, 0.3) is 0 Å². The number of benzene rings is 2. The van der Waals surface area contributed by atoms with Gasteiger partial charge in [-0.05, 0) is 43.2 Å². The molecule has 0 fully saturated rings. The van der Waals surface area contributed by atoms with E-state index in [1.165, 1.54) is 37.3 Å². The lowest BCUT2D eigenvalue weighted by Crippen LogP contribution is -2.00. The van der Waals surface area contributed by atoms with Gasteiger partial charge >= 0.3 is 11.3 Å². The molecule has 1 aromatic heterocycles. The fraction of sp³-hybridized carbons (Fsp3) is 0.158. The highest BCUT2D eigenvalue weighted by molar-refractivity contribution is 5.95. The molecular weight excluding hydrogens is 338 g/mol. The standard InChI is InChI=1S/C19H15NO6/c1-3-12-9-19(22)26-18-10-14(5-6-15(12)18)25-17-7-4-13(11(2)21)8-16(17)20(23)24/h4-10H,3H2,1-2H3. The number of carbonyl (C=O) groups excluding carboxylic acids is 1. The smallest absolute Gasteiger partial charge is 0.336 e.